The van der Waals surface area contributed by atoms with Gasteiger partial charge < -0.3 is 10.4 Å². The third kappa shape index (κ3) is 4.58. The molecule has 0 aliphatic heterocycles. The molecule has 2 N–H and O–H groups in total. The number of benzene rings is 2. The molecular weight excluding hydrogens is 303 g/mol. The fraction of sp³-hybridized carbons (Fsp3) is 0.188. The molecule has 0 fully saturated rings. The van der Waals surface area contributed by atoms with Crippen molar-refractivity contribution < 1.29 is 19.2 Å². The van der Waals surface area contributed by atoms with E-state index in [1.165, 1.54) is 36.4 Å². The number of nitrogens with one attached hydrogen (secondary N) is 1. The summed E-state index contributed by atoms with van der Waals surface area (Å²) in [7, 11) is 0. The fourth-order valence-electron chi connectivity index (χ4n) is 2.09. The zero-order valence-corrected chi connectivity index (χ0v) is 12.1. The summed E-state index contributed by atoms with van der Waals surface area (Å²) in [6.07, 6.45) is -1.23. The van der Waals surface area contributed by atoms with Crippen molar-refractivity contribution in [3.8, 4) is 0 Å². The highest BCUT2D eigenvalue weighted by Gasteiger charge is 2.14. The van der Waals surface area contributed by atoms with Gasteiger partial charge in [0.15, 0.2) is 0 Å². The number of hydrogen-bond acceptors (Lipinski definition) is 4. The first-order valence-electron chi connectivity index (χ1n) is 6.90. The largest absolute Gasteiger partial charge is 0.386 e. The number of nitrogens with zero attached hydrogens (tertiary/aromatic N) is 1. The van der Waals surface area contributed by atoms with Gasteiger partial charge in [-0.2, -0.15) is 0 Å². The van der Waals surface area contributed by atoms with Crippen LogP contribution in [0.15, 0.2) is 48.5 Å². The van der Waals surface area contributed by atoms with Gasteiger partial charge in [0.25, 0.3) is 5.69 Å². The molecule has 0 saturated heterocycles. The number of carbonyl (C=O) groups is 1. The van der Waals surface area contributed by atoms with E-state index in [9.17, 15) is 24.4 Å². The maximum Gasteiger partial charge on any atom is 0.269 e. The van der Waals surface area contributed by atoms with Gasteiger partial charge in [-0.25, -0.2) is 4.39 Å². The van der Waals surface area contributed by atoms with Crippen LogP contribution < -0.4 is 5.32 Å². The van der Waals surface area contributed by atoms with Crippen LogP contribution in [0, 0.1) is 15.9 Å². The predicted molar refractivity (Wildman–Crippen MR) is 81.2 cm³/mol. The third-order valence-corrected chi connectivity index (χ3v) is 3.24. The second-order valence-corrected chi connectivity index (χ2v) is 4.95. The molecule has 1 amide bonds. The molecule has 1 atom stereocenters. The van der Waals surface area contributed by atoms with E-state index in [1.54, 1.807) is 12.1 Å². The van der Waals surface area contributed by atoms with Crippen LogP contribution in [-0.4, -0.2) is 22.5 Å². The van der Waals surface area contributed by atoms with Gasteiger partial charge in [-0.15, -0.1) is 0 Å². The highest BCUT2D eigenvalue weighted by molar-refractivity contribution is 5.78. The van der Waals surface area contributed by atoms with Gasteiger partial charge in [0.2, 0.25) is 5.91 Å². The number of carbonyl (C=O) groups excluding carboxylic acids is 1. The van der Waals surface area contributed by atoms with E-state index in [2.05, 4.69) is 5.32 Å². The van der Waals surface area contributed by atoms with Crippen LogP contribution in [0.4, 0.5) is 10.1 Å². The minimum absolute atomic E-state index is 0.0638. The molecule has 7 heteroatoms. The standard InChI is InChI=1S/C16H15FN2O4/c17-14-7-2-1-6-13(14)15(20)10-18-16(21)9-11-4-3-5-12(8-11)19(22)23/h1-8,15,20H,9-10H2,(H,18,21). The molecule has 0 bridgehead atoms. The number of halogens is 1. The van der Waals surface area contributed by atoms with Crippen molar-refractivity contribution in [3.05, 3.63) is 75.6 Å². The Morgan fingerprint density at radius 2 is 2.00 bits per heavy atom. The van der Waals surface area contributed by atoms with Crippen LogP contribution in [-0.2, 0) is 11.2 Å². The highest BCUT2D eigenvalue weighted by atomic mass is 19.1. The molecule has 2 aromatic carbocycles. The van der Waals surface area contributed by atoms with E-state index in [0.717, 1.165) is 0 Å². The van der Waals surface area contributed by atoms with Crippen molar-refractivity contribution in [2.24, 2.45) is 0 Å². The predicted octanol–water partition coefficient (Wildman–Crippen LogP) is 2.13. The molecule has 120 valence electrons. The van der Waals surface area contributed by atoms with Crippen LogP contribution in [0.3, 0.4) is 0 Å². The van der Waals surface area contributed by atoms with Crippen LogP contribution in [0.1, 0.15) is 17.2 Å². The van der Waals surface area contributed by atoms with E-state index >= 15 is 0 Å². The molecule has 0 spiro atoms. The van der Waals surface area contributed by atoms with Gasteiger partial charge in [-0.05, 0) is 11.6 Å². The van der Waals surface area contributed by atoms with Gasteiger partial charge in [0.05, 0.1) is 17.4 Å². The Kier molecular flexibility index (Phi) is 5.37. The molecule has 0 aromatic heterocycles. The molecule has 2 rings (SSSR count). The summed E-state index contributed by atoms with van der Waals surface area (Å²) in [5.41, 5.74) is 0.488. The summed E-state index contributed by atoms with van der Waals surface area (Å²) in [5, 5.41) is 23.0. The van der Waals surface area contributed by atoms with Crippen LogP contribution in [0.25, 0.3) is 0 Å². The Hall–Kier alpha value is -2.80. The molecule has 0 heterocycles. The van der Waals surface area contributed by atoms with E-state index in [-0.39, 0.29) is 24.2 Å². The van der Waals surface area contributed by atoms with Crippen molar-refractivity contribution in [2.45, 2.75) is 12.5 Å². The lowest BCUT2D eigenvalue weighted by Gasteiger charge is -2.13. The molecule has 0 aliphatic carbocycles. The number of nitro benzene ring substituents is 1. The average molecular weight is 318 g/mol. The normalized spacial score (nSPS) is 11.7. The first-order valence-corrected chi connectivity index (χ1v) is 6.90. The first kappa shape index (κ1) is 16.6. The van der Waals surface area contributed by atoms with E-state index < -0.39 is 22.8 Å². The number of aliphatic hydroxyl groups is 1. The van der Waals surface area contributed by atoms with E-state index in [0.29, 0.717) is 5.56 Å². The van der Waals surface area contributed by atoms with Crippen LogP contribution in [0.2, 0.25) is 0 Å². The molecule has 0 aliphatic rings. The lowest BCUT2D eigenvalue weighted by atomic mass is 10.1. The Morgan fingerprint density at radius 1 is 1.26 bits per heavy atom. The summed E-state index contributed by atoms with van der Waals surface area (Å²) in [5.74, 6) is -0.964. The number of rotatable bonds is 6. The smallest absolute Gasteiger partial charge is 0.269 e. The number of aliphatic hydroxyl groups excluding tert-OH is 1. The summed E-state index contributed by atoms with van der Waals surface area (Å²) in [6, 6.07) is 11.5. The number of amides is 1. The summed E-state index contributed by atoms with van der Waals surface area (Å²) in [6.45, 7) is -0.144. The van der Waals surface area contributed by atoms with Crippen LogP contribution in [0.5, 0.6) is 0 Å². The minimum atomic E-state index is -1.16. The molecule has 1 unspecified atom stereocenters. The second kappa shape index (κ2) is 7.46. The maximum absolute atomic E-state index is 13.5. The molecule has 0 saturated carbocycles. The Labute approximate surface area is 131 Å². The lowest BCUT2D eigenvalue weighted by Crippen LogP contribution is -2.30. The van der Waals surface area contributed by atoms with Crippen molar-refractivity contribution in [1.82, 2.24) is 5.32 Å². The van der Waals surface area contributed by atoms with Gasteiger partial charge in [-0.3, -0.25) is 14.9 Å². The Balaban J connectivity index is 1.91. The molecular formula is C16H15FN2O4. The van der Waals surface area contributed by atoms with Crippen molar-refractivity contribution in [3.63, 3.8) is 0 Å². The quantitative estimate of drug-likeness (QED) is 0.630. The van der Waals surface area contributed by atoms with E-state index in [1.807, 2.05) is 0 Å². The van der Waals surface area contributed by atoms with Crippen molar-refractivity contribution in [1.29, 1.82) is 0 Å². The summed E-state index contributed by atoms with van der Waals surface area (Å²) >= 11 is 0. The van der Waals surface area contributed by atoms with Crippen LogP contribution >= 0.6 is 0 Å². The van der Waals surface area contributed by atoms with E-state index in [4.69, 9.17) is 0 Å². The topological polar surface area (TPSA) is 92.5 Å². The second-order valence-electron chi connectivity index (χ2n) is 4.95. The lowest BCUT2D eigenvalue weighted by molar-refractivity contribution is -0.384. The molecule has 0 radical (unpaired) electrons. The van der Waals surface area contributed by atoms with Gasteiger partial charge in [0, 0.05) is 24.2 Å². The average Bonchev–Trinajstić information content (AvgIpc) is 2.53. The van der Waals surface area contributed by atoms with Gasteiger partial charge in [-0.1, -0.05) is 30.3 Å². The maximum atomic E-state index is 13.5. The summed E-state index contributed by atoms with van der Waals surface area (Å²) < 4.78 is 13.5. The van der Waals surface area contributed by atoms with Crippen molar-refractivity contribution in [2.75, 3.05) is 6.54 Å². The van der Waals surface area contributed by atoms with Gasteiger partial charge >= 0.3 is 0 Å². The molecule has 6 nitrogen and oxygen atoms in total. The Morgan fingerprint density at radius 3 is 2.70 bits per heavy atom. The molecule has 23 heavy (non-hydrogen) atoms. The first-order chi connectivity index (χ1) is 11.0. The minimum Gasteiger partial charge on any atom is -0.386 e. The highest BCUT2D eigenvalue weighted by Crippen LogP contribution is 2.16. The third-order valence-electron chi connectivity index (χ3n) is 3.24. The zero-order chi connectivity index (χ0) is 16.8. The van der Waals surface area contributed by atoms with Gasteiger partial charge in [0.1, 0.15) is 5.82 Å². The Bertz CT molecular complexity index is 721. The zero-order valence-electron chi connectivity index (χ0n) is 12.1. The number of non-ortho nitro benzene ring substituents is 1. The monoisotopic (exact) mass is 318 g/mol. The number of hydrogen-bond donors (Lipinski definition) is 2. The number of nitro groups is 1. The fourth-order valence-corrected chi connectivity index (χ4v) is 2.09. The van der Waals surface area contributed by atoms with Crippen molar-refractivity contribution >= 4 is 11.6 Å². The molecule has 2 aromatic rings. The summed E-state index contributed by atoms with van der Waals surface area (Å²) in [4.78, 5) is 22.0. The SMILES string of the molecule is O=C(Cc1cccc([N+](=O)[O-])c1)NCC(O)c1ccccc1F.